The molecule has 0 saturated carbocycles. The normalized spacial score (nSPS) is 23.4. The molecule has 0 radical (unpaired) electrons. The third kappa shape index (κ3) is 2.85. The highest BCUT2D eigenvalue weighted by Gasteiger charge is 2.29. The Morgan fingerprint density at radius 3 is 2.94 bits per heavy atom. The van der Waals surface area contributed by atoms with E-state index in [2.05, 4.69) is 29.1 Å². The second kappa shape index (κ2) is 4.49. The SMILES string of the molecule is Cc1c(N)ncnc1NC1CCOC(C)(C)C1. The second-order valence-electron chi connectivity index (χ2n) is 5.17. The van der Waals surface area contributed by atoms with Crippen LogP contribution in [0.3, 0.4) is 0 Å². The molecular formula is C12H20N4O. The van der Waals surface area contributed by atoms with Gasteiger partial charge in [0.1, 0.15) is 18.0 Å². The molecule has 1 aromatic rings. The van der Waals surface area contributed by atoms with Crippen molar-refractivity contribution in [2.24, 2.45) is 0 Å². The van der Waals surface area contributed by atoms with Gasteiger partial charge in [0, 0.05) is 18.2 Å². The largest absolute Gasteiger partial charge is 0.383 e. The van der Waals surface area contributed by atoms with E-state index in [0.29, 0.717) is 11.9 Å². The van der Waals surface area contributed by atoms with Gasteiger partial charge in [0.2, 0.25) is 0 Å². The lowest BCUT2D eigenvalue weighted by Crippen LogP contribution is -2.40. The van der Waals surface area contributed by atoms with Gasteiger partial charge in [0.05, 0.1) is 5.60 Å². The van der Waals surface area contributed by atoms with Crippen molar-refractivity contribution >= 4 is 11.6 Å². The minimum Gasteiger partial charge on any atom is -0.383 e. The van der Waals surface area contributed by atoms with Gasteiger partial charge in [-0.05, 0) is 33.6 Å². The van der Waals surface area contributed by atoms with Crippen molar-refractivity contribution in [1.82, 2.24) is 9.97 Å². The molecule has 2 rings (SSSR count). The van der Waals surface area contributed by atoms with E-state index in [-0.39, 0.29) is 5.60 Å². The van der Waals surface area contributed by atoms with E-state index in [1.165, 1.54) is 6.33 Å². The molecule has 17 heavy (non-hydrogen) atoms. The number of rotatable bonds is 2. The molecule has 1 aromatic heterocycles. The van der Waals surface area contributed by atoms with Gasteiger partial charge in [-0.15, -0.1) is 0 Å². The summed E-state index contributed by atoms with van der Waals surface area (Å²) in [5.74, 6) is 1.37. The number of ether oxygens (including phenoxy) is 1. The van der Waals surface area contributed by atoms with E-state index >= 15 is 0 Å². The maximum Gasteiger partial charge on any atom is 0.134 e. The number of anilines is 2. The average molecular weight is 236 g/mol. The van der Waals surface area contributed by atoms with Gasteiger partial charge in [-0.2, -0.15) is 0 Å². The summed E-state index contributed by atoms with van der Waals surface area (Å²) in [6, 6.07) is 0.381. The first-order valence-corrected chi connectivity index (χ1v) is 5.95. The number of nitrogens with one attached hydrogen (secondary N) is 1. The Kier molecular flexibility index (Phi) is 3.19. The van der Waals surface area contributed by atoms with Crippen LogP contribution in [0.25, 0.3) is 0 Å². The first-order valence-electron chi connectivity index (χ1n) is 5.95. The van der Waals surface area contributed by atoms with Crippen LogP contribution in [-0.2, 0) is 4.74 Å². The Morgan fingerprint density at radius 2 is 2.24 bits per heavy atom. The van der Waals surface area contributed by atoms with Gasteiger partial charge < -0.3 is 15.8 Å². The number of nitrogen functional groups attached to an aromatic ring is 1. The van der Waals surface area contributed by atoms with Crippen LogP contribution in [0, 0.1) is 6.92 Å². The fraction of sp³-hybridized carbons (Fsp3) is 0.667. The van der Waals surface area contributed by atoms with Gasteiger partial charge in [0.15, 0.2) is 0 Å². The Balaban J connectivity index is 2.08. The minimum absolute atomic E-state index is 0.0671. The van der Waals surface area contributed by atoms with E-state index in [1.54, 1.807) is 0 Å². The topological polar surface area (TPSA) is 73.1 Å². The molecule has 0 spiro atoms. The molecule has 1 atom stereocenters. The Morgan fingerprint density at radius 1 is 1.47 bits per heavy atom. The lowest BCUT2D eigenvalue weighted by molar-refractivity contribution is -0.0553. The standard InChI is InChI=1S/C12H20N4O/c1-8-10(13)14-7-15-11(8)16-9-4-5-17-12(2,3)6-9/h7,9H,4-6H2,1-3H3,(H3,13,14,15,16). The molecule has 3 N–H and O–H groups in total. The summed E-state index contributed by atoms with van der Waals surface area (Å²) in [4.78, 5) is 8.20. The van der Waals surface area contributed by atoms with E-state index in [0.717, 1.165) is 30.8 Å². The summed E-state index contributed by atoms with van der Waals surface area (Å²) in [7, 11) is 0. The second-order valence-corrected chi connectivity index (χ2v) is 5.17. The molecule has 0 aliphatic carbocycles. The molecule has 1 fully saturated rings. The van der Waals surface area contributed by atoms with Crippen LogP contribution in [0.4, 0.5) is 11.6 Å². The van der Waals surface area contributed by atoms with Gasteiger partial charge in [-0.25, -0.2) is 9.97 Å². The van der Waals surface area contributed by atoms with Crippen molar-refractivity contribution < 1.29 is 4.74 Å². The van der Waals surface area contributed by atoms with Crippen molar-refractivity contribution in [3.05, 3.63) is 11.9 Å². The average Bonchev–Trinajstić information content (AvgIpc) is 2.23. The van der Waals surface area contributed by atoms with Crippen molar-refractivity contribution in [1.29, 1.82) is 0 Å². The van der Waals surface area contributed by atoms with E-state index in [1.807, 2.05) is 6.92 Å². The van der Waals surface area contributed by atoms with Gasteiger partial charge in [-0.3, -0.25) is 0 Å². The maximum absolute atomic E-state index is 5.76. The highest BCUT2D eigenvalue weighted by molar-refractivity contribution is 5.54. The lowest BCUT2D eigenvalue weighted by atomic mass is 9.94. The van der Waals surface area contributed by atoms with Crippen LogP contribution in [-0.4, -0.2) is 28.2 Å². The Hall–Kier alpha value is -1.36. The molecule has 1 aliphatic rings. The fourth-order valence-corrected chi connectivity index (χ4v) is 2.16. The molecule has 5 heteroatoms. The molecular weight excluding hydrogens is 216 g/mol. The molecule has 5 nitrogen and oxygen atoms in total. The van der Waals surface area contributed by atoms with Gasteiger partial charge >= 0.3 is 0 Å². The molecule has 2 heterocycles. The molecule has 0 amide bonds. The van der Waals surface area contributed by atoms with Crippen molar-refractivity contribution in [2.75, 3.05) is 17.7 Å². The molecule has 0 aromatic carbocycles. The van der Waals surface area contributed by atoms with E-state index < -0.39 is 0 Å². The summed E-state index contributed by atoms with van der Waals surface area (Å²) in [6.45, 7) is 6.94. The zero-order valence-corrected chi connectivity index (χ0v) is 10.7. The monoisotopic (exact) mass is 236 g/mol. The van der Waals surface area contributed by atoms with Crippen LogP contribution < -0.4 is 11.1 Å². The summed E-state index contributed by atoms with van der Waals surface area (Å²) >= 11 is 0. The predicted octanol–water partition coefficient (Wildman–Crippen LogP) is 1.74. The minimum atomic E-state index is -0.0671. The molecule has 1 aliphatic heterocycles. The first kappa shape index (κ1) is 12.1. The van der Waals surface area contributed by atoms with Gasteiger partial charge in [0.25, 0.3) is 0 Å². The first-order chi connectivity index (χ1) is 7.98. The van der Waals surface area contributed by atoms with Crippen LogP contribution in [0.2, 0.25) is 0 Å². The number of nitrogens with two attached hydrogens (primary N) is 1. The van der Waals surface area contributed by atoms with Crippen molar-refractivity contribution in [2.45, 2.75) is 45.3 Å². The highest BCUT2D eigenvalue weighted by Crippen LogP contribution is 2.27. The summed E-state index contributed by atoms with van der Waals surface area (Å²) < 4.78 is 5.69. The number of aromatic nitrogens is 2. The Labute approximate surface area is 102 Å². The summed E-state index contributed by atoms with van der Waals surface area (Å²) in [6.07, 6.45) is 3.46. The predicted molar refractivity (Wildman–Crippen MR) is 67.9 cm³/mol. The molecule has 1 unspecified atom stereocenters. The summed E-state index contributed by atoms with van der Waals surface area (Å²) in [5.41, 5.74) is 6.61. The van der Waals surface area contributed by atoms with E-state index in [9.17, 15) is 0 Å². The quantitative estimate of drug-likeness (QED) is 0.818. The highest BCUT2D eigenvalue weighted by atomic mass is 16.5. The van der Waals surface area contributed by atoms with Gasteiger partial charge in [-0.1, -0.05) is 0 Å². The van der Waals surface area contributed by atoms with Crippen LogP contribution in [0.15, 0.2) is 6.33 Å². The van der Waals surface area contributed by atoms with Crippen molar-refractivity contribution in [3.63, 3.8) is 0 Å². The Bertz CT molecular complexity index is 405. The van der Waals surface area contributed by atoms with E-state index in [4.69, 9.17) is 10.5 Å². The maximum atomic E-state index is 5.76. The third-order valence-electron chi connectivity index (χ3n) is 3.16. The molecule has 0 bridgehead atoms. The summed E-state index contributed by atoms with van der Waals surface area (Å²) in [5, 5.41) is 3.43. The van der Waals surface area contributed by atoms with Crippen LogP contribution in [0.5, 0.6) is 0 Å². The number of nitrogens with zero attached hydrogens (tertiary/aromatic N) is 2. The number of hydrogen-bond acceptors (Lipinski definition) is 5. The zero-order valence-electron chi connectivity index (χ0n) is 10.7. The van der Waals surface area contributed by atoms with Crippen LogP contribution in [0.1, 0.15) is 32.3 Å². The number of hydrogen-bond donors (Lipinski definition) is 2. The zero-order chi connectivity index (χ0) is 12.5. The van der Waals surface area contributed by atoms with Crippen molar-refractivity contribution in [3.8, 4) is 0 Å². The smallest absolute Gasteiger partial charge is 0.134 e. The molecule has 1 saturated heterocycles. The third-order valence-corrected chi connectivity index (χ3v) is 3.16. The van der Waals surface area contributed by atoms with Crippen LogP contribution >= 0.6 is 0 Å². The lowest BCUT2D eigenvalue weighted by Gasteiger charge is -2.36. The molecule has 94 valence electrons. The fourth-order valence-electron chi connectivity index (χ4n) is 2.16.